The maximum atomic E-state index is 11.7. The Morgan fingerprint density at radius 1 is 1.19 bits per heavy atom. The molecule has 0 aromatic carbocycles. The van der Waals surface area contributed by atoms with Gasteiger partial charge in [0.15, 0.2) is 0 Å². The van der Waals surface area contributed by atoms with Gasteiger partial charge in [-0.3, -0.25) is 4.79 Å². The standard InChI is InChI=1S/C13H26O3/c1-7-10(3)16-11(4)9-15-12(14)13(5,6)8-2/h10-11H,7-9H2,1-6H3. The maximum Gasteiger partial charge on any atom is 0.311 e. The fraction of sp³-hybridized carbons (Fsp3) is 0.923. The molecule has 0 radical (unpaired) electrons. The number of carbonyl (C=O) groups is 1. The van der Waals surface area contributed by atoms with Crippen molar-refractivity contribution in [2.45, 2.75) is 66.6 Å². The van der Waals surface area contributed by atoms with Crippen molar-refractivity contribution < 1.29 is 14.3 Å². The lowest BCUT2D eigenvalue weighted by Gasteiger charge is -2.23. The molecule has 3 heteroatoms. The molecule has 0 amide bonds. The quantitative estimate of drug-likeness (QED) is 0.630. The van der Waals surface area contributed by atoms with Gasteiger partial charge in [0.05, 0.1) is 17.6 Å². The van der Waals surface area contributed by atoms with E-state index in [0.29, 0.717) is 6.61 Å². The van der Waals surface area contributed by atoms with Crippen LogP contribution in [0, 0.1) is 5.41 Å². The summed E-state index contributed by atoms with van der Waals surface area (Å²) in [4.78, 5) is 11.7. The van der Waals surface area contributed by atoms with Crippen molar-refractivity contribution in [1.29, 1.82) is 0 Å². The Labute approximate surface area is 99.5 Å². The first kappa shape index (κ1) is 15.4. The van der Waals surface area contributed by atoms with Crippen molar-refractivity contribution in [3.8, 4) is 0 Å². The van der Waals surface area contributed by atoms with E-state index in [0.717, 1.165) is 12.8 Å². The third-order valence-corrected chi connectivity index (χ3v) is 2.93. The highest BCUT2D eigenvalue weighted by Crippen LogP contribution is 2.21. The number of rotatable bonds is 7. The van der Waals surface area contributed by atoms with E-state index in [9.17, 15) is 4.79 Å². The van der Waals surface area contributed by atoms with E-state index >= 15 is 0 Å². The molecule has 96 valence electrons. The Kier molecular flexibility index (Phi) is 6.65. The van der Waals surface area contributed by atoms with Gasteiger partial charge in [0.1, 0.15) is 6.61 Å². The molecule has 3 nitrogen and oxygen atoms in total. The van der Waals surface area contributed by atoms with Crippen molar-refractivity contribution in [2.24, 2.45) is 5.41 Å². The van der Waals surface area contributed by atoms with Crippen molar-refractivity contribution in [3.05, 3.63) is 0 Å². The van der Waals surface area contributed by atoms with E-state index in [-0.39, 0.29) is 18.2 Å². The van der Waals surface area contributed by atoms with Crippen LogP contribution < -0.4 is 0 Å². The lowest BCUT2D eigenvalue weighted by molar-refractivity contribution is -0.159. The summed E-state index contributed by atoms with van der Waals surface area (Å²) in [7, 11) is 0. The zero-order valence-electron chi connectivity index (χ0n) is 11.5. The third kappa shape index (κ3) is 5.50. The highest BCUT2D eigenvalue weighted by molar-refractivity contribution is 5.75. The van der Waals surface area contributed by atoms with Crippen molar-refractivity contribution in [1.82, 2.24) is 0 Å². The van der Waals surface area contributed by atoms with E-state index in [1.165, 1.54) is 0 Å². The minimum absolute atomic E-state index is 0.0356. The average Bonchev–Trinajstić information content (AvgIpc) is 2.25. The van der Waals surface area contributed by atoms with E-state index < -0.39 is 5.41 Å². The molecule has 2 atom stereocenters. The largest absolute Gasteiger partial charge is 0.463 e. The summed E-state index contributed by atoms with van der Waals surface area (Å²) in [5, 5.41) is 0. The van der Waals surface area contributed by atoms with Gasteiger partial charge in [-0.2, -0.15) is 0 Å². The van der Waals surface area contributed by atoms with Gasteiger partial charge in [0, 0.05) is 0 Å². The van der Waals surface area contributed by atoms with E-state index in [1.807, 2.05) is 34.6 Å². The van der Waals surface area contributed by atoms with Gasteiger partial charge in [0.25, 0.3) is 0 Å². The number of ether oxygens (including phenoxy) is 2. The molecule has 0 heterocycles. The number of esters is 1. The van der Waals surface area contributed by atoms with E-state index in [1.54, 1.807) is 0 Å². The highest BCUT2D eigenvalue weighted by atomic mass is 16.6. The van der Waals surface area contributed by atoms with Crippen LogP contribution in [0.4, 0.5) is 0 Å². The molecule has 0 rings (SSSR count). The summed E-state index contributed by atoms with van der Waals surface area (Å²) in [5.74, 6) is -0.144. The summed E-state index contributed by atoms with van der Waals surface area (Å²) in [6.45, 7) is 12.1. The molecule has 2 unspecified atom stereocenters. The molecule has 0 fully saturated rings. The lowest BCUT2D eigenvalue weighted by atomic mass is 9.91. The molecule has 0 aromatic heterocycles. The Morgan fingerprint density at radius 2 is 1.75 bits per heavy atom. The monoisotopic (exact) mass is 230 g/mol. The molecular weight excluding hydrogens is 204 g/mol. The highest BCUT2D eigenvalue weighted by Gasteiger charge is 2.27. The van der Waals surface area contributed by atoms with Gasteiger partial charge in [-0.15, -0.1) is 0 Å². The lowest BCUT2D eigenvalue weighted by Crippen LogP contribution is -2.30. The second kappa shape index (κ2) is 6.89. The Hall–Kier alpha value is -0.570. The second-order valence-corrected chi connectivity index (χ2v) is 5.00. The summed E-state index contributed by atoms with van der Waals surface area (Å²) in [6, 6.07) is 0. The fourth-order valence-corrected chi connectivity index (χ4v) is 1.06. The summed E-state index contributed by atoms with van der Waals surface area (Å²) in [6.07, 6.45) is 1.94. The van der Waals surface area contributed by atoms with Crippen molar-refractivity contribution in [2.75, 3.05) is 6.61 Å². The minimum atomic E-state index is -0.393. The van der Waals surface area contributed by atoms with E-state index in [4.69, 9.17) is 9.47 Å². The van der Waals surface area contributed by atoms with Crippen LogP contribution in [-0.2, 0) is 14.3 Å². The van der Waals surface area contributed by atoms with Gasteiger partial charge >= 0.3 is 5.97 Å². The zero-order valence-corrected chi connectivity index (χ0v) is 11.5. The van der Waals surface area contributed by atoms with Gasteiger partial charge in [-0.05, 0) is 40.5 Å². The fourth-order valence-electron chi connectivity index (χ4n) is 1.06. The predicted octanol–water partition coefficient (Wildman–Crippen LogP) is 3.17. The van der Waals surface area contributed by atoms with Gasteiger partial charge in [-0.25, -0.2) is 0 Å². The number of carbonyl (C=O) groups excluding carboxylic acids is 1. The Morgan fingerprint density at radius 3 is 2.19 bits per heavy atom. The molecule has 16 heavy (non-hydrogen) atoms. The molecule has 0 aromatic rings. The molecule has 0 saturated carbocycles. The van der Waals surface area contributed by atoms with Crippen LogP contribution in [0.1, 0.15) is 54.4 Å². The van der Waals surface area contributed by atoms with E-state index in [2.05, 4.69) is 6.92 Å². The molecule has 0 aliphatic heterocycles. The second-order valence-electron chi connectivity index (χ2n) is 5.00. The van der Waals surface area contributed by atoms with Crippen LogP contribution in [-0.4, -0.2) is 24.8 Å². The molecule has 0 aliphatic carbocycles. The van der Waals surface area contributed by atoms with Crippen molar-refractivity contribution in [3.63, 3.8) is 0 Å². The molecule has 0 bridgehead atoms. The van der Waals surface area contributed by atoms with Gasteiger partial charge < -0.3 is 9.47 Å². The third-order valence-electron chi connectivity index (χ3n) is 2.93. The first-order chi connectivity index (χ1) is 7.33. The number of hydrogen-bond donors (Lipinski definition) is 0. The summed E-state index contributed by atoms with van der Waals surface area (Å²) < 4.78 is 10.9. The Balaban J connectivity index is 3.92. The van der Waals surface area contributed by atoms with Crippen LogP contribution in [0.25, 0.3) is 0 Å². The van der Waals surface area contributed by atoms with Crippen LogP contribution >= 0.6 is 0 Å². The van der Waals surface area contributed by atoms with Gasteiger partial charge in [-0.1, -0.05) is 13.8 Å². The molecule has 0 N–H and O–H groups in total. The maximum absolute atomic E-state index is 11.7. The molecule has 0 saturated heterocycles. The first-order valence-electron chi connectivity index (χ1n) is 6.16. The SMILES string of the molecule is CCC(C)OC(C)COC(=O)C(C)(C)CC. The molecule has 0 aliphatic rings. The smallest absolute Gasteiger partial charge is 0.311 e. The van der Waals surface area contributed by atoms with Crippen LogP contribution in [0.2, 0.25) is 0 Å². The summed E-state index contributed by atoms with van der Waals surface area (Å²) >= 11 is 0. The normalized spacial score (nSPS) is 15.6. The minimum Gasteiger partial charge on any atom is -0.463 e. The molecular formula is C13H26O3. The topological polar surface area (TPSA) is 35.5 Å². The van der Waals surface area contributed by atoms with Gasteiger partial charge in [0.2, 0.25) is 0 Å². The first-order valence-corrected chi connectivity index (χ1v) is 6.16. The van der Waals surface area contributed by atoms with Crippen molar-refractivity contribution >= 4 is 5.97 Å². The number of hydrogen-bond acceptors (Lipinski definition) is 3. The van der Waals surface area contributed by atoms with Crippen LogP contribution in [0.3, 0.4) is 0 Å². The zero-order chi connectivity index (χ0) is 12.8. The van der Waals surface area contributed by atoms with Crippen LogP contribution in [0.15, 0.2) is 0 Å². The molecule has 0 spiro atoms. The summed E-state index contributed by atoms with van der Waals surface area (Å²) in [5.41, 5.74) is -0.393. The van der Waals surface area contributed by atoms with Crippen LogP contribution in [0.5, 0.6) is 0 Å². The Bertz CT molecular complexity index is 211. The average molecular weight is 230 g/mol. The predicted molar refractivity (Wildman–Crippen MR) is 65.3 cm³/mol.